The van der Waals surface area contributed by atoms with Crippen molar-refractivity contribution in [2.24, 2.45) is 0 Å². The Morgan fingerprint density at radius 2 is 2.22 bits per heavy atom. The third kappa shape index (κ3) is 2.49. The molecule has 2 amide bonds. The number of hydrogen-bond acceptors (Lipinski definition) is 4. The van der Waals surface area contributed by atoms with Crippen molar-refractivity contribution in [3.05, 3.63) is 46.2 Å². The Morgan fingerprint density at radius 3 is 3.00 bits per heavy atom. The predicted molar refractivity (Wildman–Crippen MR) is 91.1 cm³/mol. The van der Waals surface area contributed by atoms with E-state index in [1.54, 1.807) is 0 Å². The lowest BCUT2D eigenvalue weighted by Crippen LogP contribution is -2.44. The van der Waals surface area contributed by atoms with Gasteiger partial charge in [-0.15, -0.1) is 11.3 Å². The van der Waals surface area contributed by atoms with E-state index >= 15 is 0 Å². The molecule has 0 bridgehead atoms. The number of aryl methyl sites for hydroxylation is 1. The van der Waals surface area contributed by atoms with Crippen LogP contribution in [0.3, 0.4) is 0 Å². The molecular weight excluding hydrogens is 310 g/mol. The smallest absolute Gasteiger partial charge is 0.261 e. The number of thiophene rings is 1. The maximum absolute atomic E-state index is 12.3. The minimum Gasteiger partial charge on any atom is -0.356 e. The second-order valence-corrected chi connectivity index (χ2v) is 6.98. The van der Waals surface area contributed by atoms with Crippen LogP contribution < -0.4 is 15.5 Å². The van der Waals surface area contributed by atoms with Gasteiger partial charge in [-0.25, -0.2) is 0 Å². The summed E-state index contributed by atoms with van der Waals surface area (Å²) in [5.74, 6) is -0.0472. The zero-order valence-corrected chi connectivity index (χ0v) is 13.5. The predicted octanol–water partition coefficient (Wildman–Crippen LogP) is 2.39. The number of para-hydroxylation sites is 2. The van der Waals surface area contributed by atoms with Crippen LogP contribution in [0.4, 0.5) is 11.4 Å². The van der Waals surface area contributed by atoms with Gasteiger partial charge in [-0.05, 0) is 42.5 Å². The lowest BCUT2D eigenvalue weighted by atomic mass is 10.1. The number of anilines is 2. The summed E-state index contributed by atoms with van der Waals surface area (Å²) >= 11 is 1.45. The van der Waals surface area contributed by atoms with Crippen LogP contribution in [0.2, 0.25) is 0 Å². The first-order chi connectivity index (χ1) is 11.1. The molecule has 2 aliphatic heterocycles. The van der Waals surface area contributed by atoms with Gasteiger partial charge in [-0.1, -0.05) is 12.1 Å². The van der Waals surface area contributed by atoms with Crippen molar-refractivity contribution < 1.29 is 9.59 Å². The third-order valence-electron chi connectivity index (χ3n) is 4.36. The van der Waals surface area contributed by atoms with Crippen molar-refractivity contribution in [2.75, 3.05) is 16.8 Å². The largest absolute Gasteiger partial charge is 0.356 e. The molecule has 5 nitrogen and oxygen atoms in total. The third-order valence-corrected chi connectivity index (χ3v) is 5.41. The Bertz CT molecular complexity index is 786. The highest BCUT2D eigenvalue weighted by atomic mass is 32.1. The summed E-state index contributed by atoms with van der Waals surface area (Å²) in [6, 6.07) is 9.46. The van der Waals surface area contributed by atoms with Crippen molar-refractivity contribution in [1.82, 2.24) is 5.32 Å². The van der Waals surface area contributed by atoms with Crippen LogP contribution in [0.1, 0.15) is 21.7 Å². The summed E-state index contributed by atoms with van der Waals surface area (Å²) in [4.78, 5) is 27.4. The molecule has 118 valence electrons. The molecule has 0 saturated carbocycles. The summed E-state index contributed by atoms with van der Waals surface area (Å²) in [7, 11) is 0. The fourth-order valence-corrected chi connectivity index (χ4v) is 4.11. The monoisotopic (exact) mass is 327 g/mol. The highest BCUT2D eigenvalue weighted by molar-refractivity contribution is 7.12. The Kier molecular flexibility index (Phi) is 3.34. The molecule has 1 saturated heterocycles. The number of rotatable bonds is 2. The maximum atomic E-state index is 12.3. The van der Waals surface area contributed by atoms with Crippen molar-refractivity contribution in [1.29, 1.82) is 0 Å². The second-order valence-electron chi connectivity index (χ2n) is 6.07. The molecule has 2 unspecified atom stereocenters. The van der Waals surface area contributed by atoms with Crippen LogP contribution in [0.25, 0.3) is 0 Å². The van der Waals surface area contributed by atoms with E-state index in [-0.39, 0.29) is 23.9 Å². The molecular formula is C17H17N3O2S. The molecule has 0 radical (unpaired) electrons. The molecule has 2 N–H and O–H groups in total. The number of amides is 2. The van der Waals surface area contributed by atoms with E-state index < -0.39 is 0 Å². The summed E-state index contributed by atoms with van der Waals surface area (Å²) in [6.45, 7) is 2.63. The molecule has 23 heavy (non-hydrogen) atoms. The molecule has 6 heteroatoms. The molecule has 0 spiro atoms. The van der Waals surface area contributed by atoms with Crippen LogP contribution in [0.15, 0.2) is 35.7 Å². The normalized spacial score (nSPS) is 22.3. The van der Waals surface area contributed by atoms with Crippen LogP contribution >= 0.6 is 11.3 Å². The molecule has 1 aromatic carbocycles. The van der Waals surface area contributed by atoms with Gasteiger partial charge in [0, 0.05) is 12.6 Å². The van der Waals surface area contributed by atoms with Gasteiger partial charge in [0.15, 0.2) is 0 Å². The van der Waals surface area contributed by atoms with E-state index in [0.29, 0.717) is 13.0 Å². The number of nitrogens with one attached hydrogen (secondary N) is 2. The summed E-state index contributed by atoms with van der Waals surface area (Å²) < 4.78 is 0. The van der Waals surface area contributed by atoms with Gasteiger partial charge in [0.2, 0.25) is 5.91 Å². The number of fused-ring (bicyclic) bond motifs is 3. The lowest BCUT2D eigenvalue weighted by Gasteiger charge is -2.32. The molecule has 2 aromatic rings. The van der Waals surface area contributed by atoms with E-state index in [2.05, 4.69) is 15.5 Å². The van der Waals surface area contributed by atoms with E-state index in [9.17, 15) is 9.59 Å². The van der Waals surface area contributed by atoms with Gasteiger partial charge in [0.25, 0.3) is 5.91 Å². The van der Waals surface area contributed by atoms with Gasteiger partial charge >= 0.3 is 0 Å². The molecule has 1 fully saturated rings. The Morgan fingerprint density at radius 1 is 1.39 bits per heavy atom. The van der Waals surface area contributed by atoms with Crippen LogP contribution in [0.5, 0.6) is 0 Å². The van der Waals surface area contributed by atoms with Gasteiger partial charge in [-0.2, -0.15) is 0 Å². The number of hydrogen-bond donors (Lipinski definition) is 2. The highest BCUT2D eigenvalue weighted by Crippen LogP contribution is 2.36. The fraction of sp³-hybridized carbons (Fsp3) is 0.294. The Balaban J connectivity index is 1.52. The number of nitrogens with zero attached hydrogens (tertiary/aromatic N) is 1. The molecule has 4 rings (SSSR count). The first kappa shape index (κ1) is 14.3. The topological polar surface area (TPSA) is 61.4 Å². The first-order valence-corrected chi connectivity index (χ1v) is 8.52. The van der Waals surface area contributed by atoms with E-state index in [1.165, 1.54) is 11.3 Å². The average molecular weight is 327 g/mol. The number of carbonyl (C=O) groups excluding carboxylic acids is 2. The number of carbonyl (C=O) groups is 2. The van der Waals surface area contributed by atoms with E-state index in [0.717, 1.165) is 21.8 Å². The van der Waals surface area contributed by atoms with Gasteiger partial charge in [0.05, 0.1) is 16.3 Å². The van der Waals surface area contributed by atoms with E-state index in [4.69, 9.17) is 0 Å². The van der Waals surface area contributed by atoms with E-state index in [1.807, 2.05) is 42.6 Å². The van der Waals surface area contributed by atoms with Crippen LogP contribution in [0, 0.1) is 6.92 Å². The summed E-state index contributed by atoms with van der Waals surface area (Å²) in [6.07, 6.45) is 0.635. The molecule has 0 aliphatic carbocycles. The zero-order valence-electron chi connectivity index (χ0n) is 12.7. The van der Waals surface area contributed by atoms with Gasteiger partial charge in [0.1, 0.15) is 6.04 Å². The first-order valence-electron chi connectivity index (χ1n) is 7.64. The minimum atomic E-state index is -0.208. The van der Waals surface area contributed by atoms with Gasteiger partial charge < -0.3 is 15.5 Å². The van der Waals surface area contributed by atoms with Crippen molar-refractivity contribution >= 4 is 34.5 Å². The second kappa shape index (κ2) is 5.38. The Hall–Kier alpha value is -2.34. The van der Waals surface area contributed by atoms with Crippen molar-refractivity contribution in [3.8, 4) is 0 Å². The molecule has 2 atom stereocenters. The SMILES string of the molecule is Cc1csc(C(=O)NC2CC3C(=O)Nc4ccccc4N3C2)c1. The summed E-state index contributed by atoms with van der Waals surface area (Å²) in [5, 5.41) is 7.98. The fourth-order valence-electron chi connectivity index (χ4n) is 3.31. The van der Waals surface area contributed by atoms with Crippen molar-refractivity contribution in [2.45, 2.75) is 25.4 Å². The van der Waals surface area contributed by atoms with Gasteiger partial charge in [-0.3, -0.25) is 9.59 Å². The van der Waals surface area contributed by atoms with Crippen LogP contribution in [-0.4, -0.2) is 30.4 Å². The Labute approximate surface area is 138 Å². The molecule has 1 aromatic heterocycles. The minimum absolute atomic E-state index is 0.00687. The van der Waals surface area contributed by atoms with Crippen LogP contribution in [-0.2, 0) is 4.79 Å². The lowest BCUT2D eigenvalue weighted by molar-refractivity contribution is -0.117. The number of benzene rings is 1. The maximum Gasteiger partial charge on any atom is 0.261 e. The summed E-state index contributed by atoms with van der Waals surface area (Å²) in [5.41, 5.74) is 2.97. The highest BCUT2D eigenvalue weighted by Gasteiger charge is 2.41. The standard InChI is InChI=1S/C17H17N3O2S/c1-10-6-15(23-9-10)17(22)18-11-7-14-16(21)19-12-4-2-3-5-13(12)20(14)8-11/h2-6,9,11,14H,7-8H2,1H3,(H,18,22)(H,19,21). The average Bonchev–Trinajstić information content (AvgIpc) is 3.14. The molecule has 2 aliphatic rings. The molecule has 3 heterocycles. The quantitative estimate of drug-likeness (QED) is 0.890. The zero-order chi connectivity index (χ0) is 16.0. The van der Waals surface area contributed by atoms with Crippen molar-refractivity contribution in [3.63, 3.8) is 0 Å².